The quantitative estimate of drug-likeness (QED) is 0.150. The molecule has 0 spiro atoms. The Kier molecular flexibility index (Phi) is 9.16. The number of aromatic nitrogens is 3. The number of nitrogens with zero attached hydrogens (tertiary/aromatic N) is 3. The van der Waals surface area contributed by atoms with Crippen LogP contribution in [-0.4, -0.2) is 14.3 Å². The van der Waals surface area contributed by atoms with Crippen LogP contribution in [0.2, 0.25) is 0 Å². The second-order valence-electron chi connectivity index (χ2n) is 16.4. The lowest BCUT2D eigenvalue weighted by Crippen LogP contribution is -1.99. The van der Waals surface area contributed by atoms with Gasteiger partial charge in [-0.15, -0.1) is 0 Å². The molecule has 12 aromatic rings. The number of hydrogen-bond acceptors (Lipinski definition) is 1. The molecule has 0 N–H and O–H groups in total. The van der Waals surface area contributed by atoms with Gasteiger partial charge in [-0.2, -0.15) is 5.10 Å². The Bertz CT molecular complexity index is 3630. The summed E-state index contributed by atoms with van der Waals surface area (Å²) in [5.74, 6) is 0. The van der Waals surface area contributed by atoms with E-state index in [1.807, 2.05) is 6.07 Å². The van der Waals surface area contributed by atoms with Gasteiger partial charge in [0.25, 0.3) is 0 Å². The average Bonchev–Trinajstić information content (AvgIpc) is 3.97. The van der Waals surface area contributed by atoms with Gasteiger partial charge >= 0.3 is 0 Å². The van der Waals surface area contributed by atoms with E-state index in [1.54, 1.807) is 0 Å². The fourth-order valence-electron chi connectivity index (χ4n) is 9.45. The maximum atomic E-state index is 5.13. The van der Waals surface area contributed by atoms with Crippen molar-refractivity contribution in [3.63, 3.8) is 0 Å². The molecule has 0 saturated heterocycles. The van der Waals surface area contributed by atoms with Crippen molar-refractivity contribution in [1.82, 2.24) is 14.3 Å². The predicted octanol–water partition coefficient (Wildman–Crippen LogP) is 16.1. The summed E-state index contributed by atoms with van der Waals surface area (Å²) in [4.78, 5) is 0. The lowest BCUT2D eigenvalue weighted by molar-refractivity contribution is 0.892. The molecule has 0 radical (unpaired) electrons. The van der Waals surface area contributed by atoms with E-state index in [0.29, 0.717) is 0 Å². The minimum absolute atomic E-state index is 0.944. The molecule has 0 saturated carbocycles. The van der Waals surface area contributed by atoms with Crippen LogP contribution in [0, 0.1) is 0 Å². The number of hydrogen-bond donors (Lipinski definition) is 0. The zero-order valence-corrected chi connectivity index (χ0v) is 35.0. The van der Waals surface area contributed by atoms with Gasteiger partial charge in [0.1, 0.15) is 0 Å². The van der Waals surface area contributed by atoms with Crippen molar-refractivity contribution in [1.29, 1.82) is 0 Å². The van der Waals surface area contributed by atoms with Gasteiger partial charge in [-0.05, 0) is 110 Å². The Morgan fingerprint density at radius 2 is 0.781 bits per heavy atom. The van der Waals surface area contributed by atoms with Crippen molar-refractivity contribution in [2.24, 2.45) is 0 Å². The smallest absolute Gasteiger partial charge is 0.0934 e. The Morgan fingerprint density at radius 1 is 0.281 bits per heavy atom. The third kappa shape index (κ3) is 6.59. The summed E-state index contributed by atoms with van der Waals surface area (Å²) in [6, 6.07) is 89.5. The van der Waals surface area contributed by atoms with E-state index < -0.39 is 0 Å². The fraction of sp³-hybridized carbons (Fsp3) is 0. The molecule has 2 heterocycles. The van der Waals surface area contributed by atoms with Gasteiger partial charge in [0.15, 0.2) is 0 Å². The van der Waals surface area contributed by atoms with Gasteiger partial charge in [-0.3, -0.25) is 0 Å². The van der Waals surface area contributed by atoms with Crippen LogP contribution in [0.25, 0.3) is 111 Å². The highest BCUT2D eigenvalue weighted by Crippen LogP contribution is 2.40. The van der Waals surface area contributed by atoms with Crippen LogP contribution in [0.3, 0.4) is 0 Å². The molecule has 0 aliphatic carbocycles. The molecule has 10 aromatic carbocycles. The van der Waals surface area contributed by atoms with Crippen molar-refractivity contribution in [3.8, 4) is 78.4 Å². The van der Waals surface area contributed by atoms with E-state index in [2.05, 4.69) is 252 Å². The summed E-state index contributed by atoms with van der Waals surface area (Å²) in [6.07, 6.45) is 0. The van der Waals surface area contributed by atoms with Gasteiger partial charge in [-0.25, -0.2) is 4.68 Å². The molecule has 0 atom stereocenters. The Balaban J connectivity index is 0.887. The highest BCUT2D eigenvalue weighted by atomic mass is 15.3. The normalized spacial score (nSPS) is 11.4. The molecule has 0 bridgehead atoms. The van der Waals surface area contributed by atoms with Gasteiger partial charge in [0.2, 0.25) is 0 Å². The Hall–Kier alpha value is -8.53. The first-order chi connectivity index (χ1) is 31.7. The maximum absolute atomic E-state index is 5.13. The van der Waals surface area contributed by atoms with Crippen LogP contribution in [0.15, 0.2) is 249 Å². The van der Waals surface area contributed by atoms with E-state index in [4.69, 9.17) is 5.10 Å². The van der Waals surface area contributed by atoms with Crippen molar-refractivity contribution in [2.45, 2.75) is 0 Å². The Labute approximate surface area is 372 Å². The number of benzene rings is 10. The van der Waals surface area contributed by atoms with Gasteiger partial charge in [0, 0.05) is 27.6 Å². The molecule has 0 fully saturated rings. The highest BCUT2D eigenvalue weighted by molar-refractivity contribution is 6.10. The molecule has 0 aliphatic rings. The number of rotatable bonds is 8. The van der Waals surface area contributed by atoms with Crippen LogP contribution in [0.4, 0.5) is 0 Å². The van der Waals surface area contributed by atoms with Crippen LogP contribution in [0.5, 0.6) is 0 Å². The van der Waals surface area contributed by atoms with E-state index >= 15 is 0 Å². The van der Waals surface area contributed by atoms with E-state index in [1.165, 1.54) is 71.5 Å². The van der Waals surface area contributed by atoms with Crippen LogP contribution in [0.1, 0.15) is 0 Å². The van der Waals surface area contributed by atoms with Crippen molar-refractivity contribution < 1.29 is 0 Å². The highest BCUT2D eigenvalue weighted by Gasteiger charge is 2.17. The first-order valence-electron chi connectivity index (χ1n) is 21.9. The van der Waals surface area contributed by atoms with Gasteiger partial charge < -0.3 is 4.57 Å². The topological polar surface area (TPSA) is 22.8 Å². The molecule has 3 nitrogen and oxygen atoms in total. The van der Waals surface area contributed by atoms with E-state index in [0.717, 1.165) is 39.5 Å². The lowest BCUT2D eigenvalue weighted by Gasteiger charge is -2.16. The first-order valence-corrected chi connectivity index (χ1v) is 21.9. The van der Waals surface area contributed by atoms with Crippen LogP contribution in [-0.2, 0) is 0 Å². The first kappa shape index (κ1) is 37.2. The molecule has 12 rings (SSSR count). The van der Waals surface area contributed by atoms with Crippen molar-refractivity contribution in [3.05, 3.63) is 249 Å². The summed E-state index contributed by atoms with van der Waals surface area (Å²) in [6.45, 7) is 0. The zero-order chi connectivity index (χ0) is 42.4. The summed E-state index contributed by atoms with van der Waals surface area (Å²) in [5, 5.41) is 10.1. The molecule has 0 amide bonds. The molecule has 3 heteroatoms. The van der Waals surface area contributed by atoms with E-state index in [-0.39, 0.29) is 0 Å². The van der Waals surface area contributed by atoms with Gasteiger partial charge in [0.05, 0.1) is 28.1 Å². The SMILES string of the molecule is c1ccc(-c2cc(-c3ccccc3)n(-c3ccc(-c4ccccc4-c4ccccc4-c4ccc(-n5c6ccccc6c6cc(-c7ccc8ccccc8c7)ccc65)cc4)cc3)n2)cc1. The summed E-state index contributed by atoms with van der Waals surface area (Å²) in [5.41, 5.74) is 18.3. The molecule has 300 valence electrons. The second-order valence-corrected chi connectivity index (χ2v) is 16.4. The molecule has 64 heavy (non-hydrogen) atoms. The van der Waals surface area contributed by atoms with Crippen LogP contribution >= 0.6 is 0 Å². The van der Waals surface area contributed by atoms with Gasteiger partial charge in [-0.1, -0.05) is 194 Å². The second kappa shape index (κ2) is 15.7. The summed E-state index contributed by atoms with van der Waals surface area (Å²) >= 11 is 0. The minimum Gasteiger partial charge on any atom is -0.309 e. The summed E-state index contributed by atoms with van der Waals surface area (Å²) < 4.78 is 4.47. The molecular formula is C61H41N3. The molecular weight excluding hydrogens is 775 g/mol. The molecule has 0 unspecified atom stereocenters. The fourth-order valence-corrected chi connectivity index (χ4v) is 9.45. The number of para-hydroxylation sites is 1. The molecule has 0 aliphatic heterocycles. The van der Waals surface area contributed by atoms with Crippen molar-refractivity contribution >= 4 is 32.6 Å². The predicted molar refractivity (Wildman–Crippen MR) is 268 cm³/mol. The van der Waals surface area contributed by atoms with E-state index in [9.17, 15) is 0 Å². The van der Waals surface area contributed by atoms with Crippen molar-refractivity contribution in [2.75, 3.05) is 0 Å². The largest absolute Gasteiger partial charge is 0.309 e. The number of fused-ring (bicyclic) bond motifs is 4. The minimum atomic E-state index is 0.944. The Morgan fingerprint density at radius 3 is 1.47 bits per heavy atom. The average molecular weight is 816 g/mol. The van der Waals surface area contributed by atoms with Crippen LogP contribution < -0.4 is 0 Å². The summed E-state index contributed by atoms with van der Waals surface area (Å²) in [7, 11) is 0. The maximum Gasteiger partial charge on any atom is 0.0934 e. The standard InChI is InChI=1S/C61H41N3/c1-3-16-45(17-4-1)58-41-61(46-18-5-2-6-19-46)64(62-58)51-36-31-44(32-37-51)53-22-10-12-24-55(53)54-23-11-9-21-52(54)43-29-34-50(35-30-43)63-59-26-14-13-25-56(59)57-40-49(33-38-60(57)63)48-28-27-42-15-7-8-20-47(42)39-48/h1-41H. The zero-order valence-electron chi connectivity index (χ0n) is 35.0. The third-order valence-electron chi connectivity index (χ3n) is 12.6. The third-order valence-corrected chi connectivity index (χ3v) is 12.6. The monoisotopic (exact) mass is 815 g/mol. The molecule has 2 aromatic heterocycles. The lowest BCUT2D eigenvalue weighted by atomic mass is 9.89.